The molecule has 1 N–H and O–H groups in total. The number of nitrogens with zero attached hydrogens (tertiary/aromatic N) is 2. The quantitative estimate of drug-likeness (QED) is 0.731. The van der Waals surface area contributed by atoms with Crippen molar-refractivity contribution in [3.63, 3.8) is 0 Å². The number of rotatable bonds is 4. The van der Waals surface area contributed by atoms with Gasteiger partial charge in [0, 0.05) is 29.8 Å². The highest BCUT2D eigenvalue weighted by Gasteiger charge is 2.15. The molecule has 0 aliphatic carbocycles. The lowest BCUT2D eigenvalue weighted by Crippen LogP contribution is -2.36. The lowest BCUT2D eigenvalue weighted by atomic mass is 10.1. The SMILES string of the molecule is Brc1ccc(CNc2nc3ccccc3o2)c(N2CCOCC2)c1. The van der Waals surface area contributed by atoms with Crippen LogP contribution >= 0.6 is 15.9 Å². The fourth-order valence-electron chi connectivity index (χ4n) is 2.90. The minimum absolute atomic E-state index is 0.548. The number of fused-ring (bicyclic) bond motifs is 1. The van der Waals surface area contributed by atoms with Crippen LogP contribution in [0.1, 0.15) is 5.56 Å². The number of morpholine rings is 1. The molecule has 4 rings (SSSR count). The third-order valence-electron chi connectivity index (χ3n) is 4.12. The molecule has 2 heterocycles. The zero-order valence-corrected chi connectivity index (χ0v) is 14.8. The monoisotopic (exact) mass is 387 g/mol. The van der Waals surface area contributed by atoms with Crippen LogP contribution in [0.4, 0.5) is 11.7 Å². The fourth-order valence-corrected chi connectivity index (χ4v) is 3.25. The van der Waals surface area contributed by atoms with Gasteiger partial charge in [-0.05, 0) is 29.8 Å². The third kappa shape index (κ3) is 3.25. The van der Waals surface area contributed by atoms with Crippen molar-refractivity contribution >= 4 is 38.7 Å². The largest absolute Gasteiger partial charge is 0.424 e. The molecule has 1 aliphatic heterocycles. The highest BCUT2D eigenvalue weighted by Crippen LogP contribution is 2.27. The van der Waals surface area contributed by atoms with Crippen molar-refractivity contribution in [1.29, 1.82) is 0 Å². The second kappa shape index (κ2) is 6.83. The minimum atomic E-state index is 0.548. The Hall–Kier alpha value is -2.05. The van der Waals surface area contributed by atoms with E-state index in [0.717, 1.165) is 41.9 Å². The molecule has 1 fully saturated rings. The molecule has 3 aromatic rings. The van der Waals surface area contributed by atoms with Crippen LogP contribution in [0.25, 0.3) is 11.1 Å². The zero-order chi connectivity index (χ0) is 16.4. The summed E-state index contributed by atoms with van der Waals surface area (Å²) in [6.07, 6.45) is 0. The fraction of sp³-hybridized carbons (Fsp3) is 0.278. The van der Waals surface area contributed by atoms with Gasteiger partial charge in [-0.25, -0.2) is 0 Å². The van der Waals surface area contributed by atoms with Gasteiger partial charge < -0.3 is 19.4 Å². The van der Waals surface area contributed by atoms with E-state index in [0.29, 0.717) is 12.6 Å². The smallest absolute Gasteiger partial charge is 0.295 e. The van der Waals surface area contributed by atoms with Gasteiger partial charge in [0.05, 0.1) is 13.2 Å². The molecule has 124 valence electrons. The molecule has 0 amide bonds. The van der Waals surface area contributed by atoms with Crippen LogP contribution in [0.3, 0.4) is 0 Å². The Morgan fingerprint density at radius 3 is 2.79 bits per heavy atom. The van der Waals surface area contributed by atoms with Crippen molar-refractivity contribution in [2.75, 3.05) is 36.5 Å². The first-order valence-electron chi connectivity index (χ1n) is 8.00. The number of benzene rings is 2. The van der Waals surface area contributed by atoms with E-state index < -0.39 is 0 Å². The van der Waals surface area contributed by atoms with Gasteiger partial charge in [-0.2, -0.15) is 4.98 Å². The molecule has 2 aromatic carbocycles. The first-order valence-corrected chi connectivity index (χ1v) is 8.79. The summed E-state index contributed by atoms with van der Waals surface area (Å²) in [5.74, 6) is 0. The molecule has 0 atom stereocenters. The Morgan fingerprint density at radius 1 is 1.12 bits per heavy atom. The normalized spacial score (nSPS) is 15.0. The van der Waals surface area contributed by atoms with Crippen LogP contribution in [0.15, 0.2) is 51.4 Å². The van der Waals surface area contributed by atoms with Crippen molar-refractivity contribution < 1.29 is 9.15 Å². The average Bonchev–Trinajstić information content (AvgIpc) is 3.04. The summed E-state index contributed by atoms with van der Waals surface area (Å²) in [7, 11) is 0. The standard InChI is InChI=1S/C18H18BrN3O2/c19-14-6-5-13(16(11-14)22-7-9-23-10-8-22)12-20-18-21-15-3-1-2-4-17(15)24-18/h1-6,11H,7-10,12H2,(H,20,21). The number of halogens is 1. The number of para-hydroxylation sites is 2. The van der Waals surface area contributed by atoms with Crippen molar-refractivity contribution in [3.05, 3.63) is 52.5 Å². The Kier molecular flexibility index (Phi) is 4.40. The Labute approximate surface area is 148 Å². The highest BCUT2D eigenvalue weighted by atomic mass is 79.9. The molecule has 24 heavy (non-hydrogen) atoms. The van der Waals surface area contributed by atoms with E-state index in [-0.39, 0.29) is 0 Å². The predicted molar refractivity (Wildman–Crippen MR) is 98.5 cm³/mol. The summed E-state index contributed by atoms with van der Waals surface area (Å²) in [6.45, 7) is 4.01. The van der Waals surface area contributed by atoms with E-state index in [1.807, 2.05) is 24.3 Å². The highest BCUT2D eigenvalue weighted by molar-refractivity contribution is 9.10. The number of hydrogen-bond acceptors (Lipinski definition) is 5. The first kappa shape index (κ1) is 15.5. The van der Waals surface area contributed by atoms with Gasteiger partial charge in [-0.1, -0.05) is 34.1 Å². The van der Waals surface area contributed by atoms with Gasteiger partial charge in [-0.15, -0.1) is 0 Å². The van der Waals surface area contributed by atoms with Gasteiger partial charge in [0.2, 0.25) is 0 Å². The Balaban J connectivity index is 1.55. The summed E-state index contributed by atoms with van der Waals surface area (Å²) >= 11 is 3.57. The van der Waals surface area contributed by atoms with E-state index in [2.05, 4.69) is 49.3 Å². The van der Waals surface area contributed by atoms with Crippen LogP contribution in [-0.2, 0) is 11.3 Å². The van der Waals surface area contributed by atoms with Gasteiger partial charge in [-0.3, -0.25) is 0 Å². The van der Waals surface area contributed by atoms with E-state index in [1.165, 1.54) is 11.3 Å². The molecule has 1 aliphatic rings. The molecule has 0 bridgehead atoms. The molecule has 0 spiro atoms. The van der Waals surface area contributed by atoms with Crippen molar-refractivity contribution in [1.82, 2.24) is 4.98 Å². The summed E-state index contributed by atoms with van der Waals surface area (Å²) < 4.78 is 12.3. The van der Waals surface area contributed by atoms with Crippen LogP contribution < -0.4 is 10.2 Å². The molecule has 0 saturated carbocycles. The van der Waals surface area contributed by atoms with E-state index >= 15 is 0 Å². The average molecular weight is 388 g/mol. The molecule has 1 saturated heterocycles. The zero-order valence-electron chi connectivity index (χ0n) is 13.2. The second-order valence-corrected chi connectivity index (χ2v) is 6.63. The van der Waals surface area contributed by atoms with Gasteiger partial charge >= 0.3 is 0 Å². The van der Waals surface area contributed by atoms with Crippen LogP contribution in [0.2, 0.25) is 0 Å². The number of aromatic nitrogens is 1. The Morgan fingerprint density at radius 2 is 1.96 bits per heavy atom. The molecule has 0 unspecified atom stereocenters. The van der Waals surface area contributed by atoms with Crippen molar-refractivity contribution in [3.8, 4) is 0 Å². The maximum Gasteiger partial charge on any atom is 0.295 e. The van der Waals surface area contributed by atoms with Crippen LogP contribution in [0.5, 0.6) is 0 Å². The molecular weight excluding hydrogens is 370 g/mol. The molecule has 5 nitrogen and oxygen atoms in total. The summed E-state index contributed by atoms with van der Waals surface area (Å²) in [5, 5.41) is 3.30. The summed E-state index contributed by atoms with van der Waals surface area (Å²) in [4.78, 5) is 6.83. The van der Waals surface area contributed by atoms with Gasteiger partial charge in [0.25, 0.3) is 6.01 Å². The van der Waals surface area contributed by atoms with E-state index in [1.54, 1.807) is 0 Å². The Bertz CT molecular complexity index is 810. The lowest BCUT2D eigenvalue weighted by molar-refractivity contribution is 0.122. The third-order valence-corrected chi connectivity index (χ3v) is 4.62. The molecule has 6 heteroatoms. The van der Waals surface area contributed by atoms with Crippen LogP contribution in [0, 0.1) is 0 Å². The number of nitrogens with one attached hydrogen (secondary N) is 1. The first-order chi connectivity index (χ1) is 11.8. The van der Waals surface area contributed by atoms with Crippen molar-refractivity contribution in [2.24, 2.45) is 0 Å². The number of ether oxygens (including phenoxy) is 1. The molecule has 0 radical (unpaired) electrons. The van der Waals surface area contributed by atoms with Crippen molar-refractivity contribution in [2.45, 2.75) is 6.54 Å². The number of hydrogen-bond donors (Lipinski definition) is 1. The maximum absolute atomic E-state index is 5.73. The minimum Gasteiger partial charge on any atom is -0.424 e. The van der Waals surface area contributed by atoms with Gasteiger partial charge in [0.15, 0.2) is 5.58 Å². The lowest BCUT2D eigenvalue weighted by Gasteiger charge is -2.30. The maximum atomic E-state index is 5.73. The summed E-state index contributed by atoms with van der Waals surface area (Å²) in [5.41, 5.74) is 4.09. The number of oxazole rings is 1. The van der Waals surface area contributed by atoms with Gasteiger partial charge in [0.1, 0.15) is 5.52 Å². The second-order valence-electron chi connectivity index (χ2n) is 5.71. The number of anilines is 2. The van der Waals surface area contributed by atoms with E-state index in [9.17, 15) is 0 Å². The van der Waals surface area contributed by atoms with Crippen LogP contribution in [-0.4, -0.2) is 31.3 Å². The molecular formula is C18H18BrN3O2. The summed E-state index contributed by atoms with van der Waals surface area (Å²) in [6, 6.07) is 14.7. The van der Waals surface area contributed by atoms with E-state index in [4.69, 9.17) is 9.15 Å². The topological polar surface area (TPSA) is 50.5 Å². The molecule has 1 aromatic heterocycles. The predicted octanol–water partition coefficient (Wildman–Crippen LogP) is 4.04.